The Morgan fingerprint density at radius 2 is 1.65 bits per heavy atom. The Morgan fingerprint density at radius 1 is 0.935 bits per heavy atom. The molecule has 1 N–H and O–H groups in total. The number of para-hydroxylation sites is 1. The molecule has 0 spiro atoms. The highest BCUT2D eigenvalue weighted by molar-refractivity contribution is 6.03. The molecule has 1 aliphatic heterocycles. The minimum absolute atomic E-state index is 0.0107. The SMILES string of the molecule is CCOc1ccc(CCC(=O)Nc2ccccc2C(=O)N2CCCCC2)cc1OCC. The number of aryl methyl sites for hydroxylation is 1. The Morgan fingerprint density at radius 3 is 2.39 bits per heavy atom. The zero-order valence-corrected chi connectivity index (χ0v) is 18.5. The Balaban J connectivity index is 1.62. The van der Waals surface area contributed by atoms with Crippen molar-refractivity contribution in [1.29, 1.82) is 0 Å². The van der Waals surface area contributed by atoms with Crippen LogP contribution in [0.1, 0.15) is 55.5 Å². The number of likely N-dealkylation sites (tertiary alicyclic amines) is 1. The summed E-state index contributed by atoms with van der Waals surface area (Å²) in [7, 11) is 0. The largest absolute Gasteiger partial charge is 0.490 e. The van der Waals surface area contributed by atoms with Crippen LogP contribution in [0.3, 0.4) is 0 Å². The van der Waals surface area contributed by atoms with Crippen LogP contribution in [0.4, 0.5) is 5.69 Å². The van der Waals surface area contributed by atoms with Gasteiger partial charge >= 0.3 is 0 Å². The van der Waals surface area contributed by atoms with E-state index in [9.17, 15) is 9.59 Å². The molecule has 0 aliphatic carbocycles. The van der Waals surface area contributed by atoms with E-state index in [2.05, 4.69) is 5.32 Å². The molecule has 1 saturated heterocycles. The van der Waals surface area contributed by atoms with Crippen molar-refractivity contribution in [2.75, 3.05) is 31.6 Å². The first kappa shape index (κ1) is 22.7. The Labute approximate surface area is 184 Å². The van der Waals surface area contributed by atoms with Crippen LogP contribution in [0, 0.1) is 0 Å². The predicted molar refractivity (Wildman–Crippen MR) is 122 cm³/mol. The third-order valence-corrected chi connectivity index (χ3v) is 5.32. The summed E-state index contributed by atoms with van der Waals surface area (Å²) in [6.07, 6.45) is 4.11. The highest BCUT2D eigenvalue weighted by Gasteiger charge is 2.21. The number of anilines is 1. The van der Waals surface area contributed by atoms with E-state index in [0.717, 1.165) is 31.5 Å². The average molecular weight is 425 g/mol. The fourth-order valence-electron chi connectivity index (χ4n) is 3.77. The van der Waals surface area contributed by atoms with Gasteiger partial charge in [0.25, 0.3) is 5.91 Å². The quantitative estimate of drug-likeness (QED) is 0.635. The summed E-state index contributed by atoms with van der Waals surface area (Å²) in [6, 6.07) is 13.0. The van der Waals surface area contributed by atoms with Gasteiger partial charge in [-0.3, -0.25) is 9.59 Å². The monoisotopic (exact) mass is 424 g/mol. The summed E-state index contributed by atoms with van der Waals surface area (Å²) in [6.45, 7) is 6.53. The van der Waals surface area contributed by atoms with Gasteiger partial charge in [0.15, 0.2) is 11.5 Å². The van der Waals surface area contributed by atoms with Gasteiger partial charge in [-0.05, 0) is 69.4 Å². The molecule has 0 bridgehead atoms. The number of nitrogens with zero attached hydrogens (tertiary/aromatic N) is 1. The molecule has 0 aromatic heterocycles. The lowest BCUT2D eigenvalue weighted by Gasteiger charge is -2.27. The molecular formula is C25H32N2O4. The molecule has 2 aromatic rings. The Kier molecular flexibility index (Phi) is 8.33. The van der Waals surface area contributed by atoms with Crippen molar-refractivity contribution >= 4 is 17.5 Å². The molecule has 2 amide bonds. The van der Waals surface area contributed by atoms with E-state index in [4.69, 9.17) is 9.47 Å². The number of piperidine rings is 1. The van der Waals surface area contributed by atoms with Crippen molar-refractivity contribution in [2.24, 2.45) is 0 Å². The van der Waals surface area contributed by atoms with Gasteiger partial charge in [-0.2, -0.15) is 0 Å². The van der Waals surface area contributed by atoms with Gasteiger partial charge in [0.05, 0.1) is 24.5 Å². The van der Waals surface area contributed by atoms with E-state index >= 15 is 0 Å². The third-order valence-electron chi connectivity index (χ3n) is 5.32. The van der Waals surface area contributed by atoms with Gasteiger partial charge in [0.2, 0.25) is 5.91 Å². The molecule has 6 nitrogen and oxygen atoms in total. The van der Waals surface area contributed by atoms with Gasteiger partial charge in [0.1, 0.15) is 0 Å². The zero-order valence-electron chi connectivity index (χ0n) is 18.5. The number of carbonyl (C=O) groups excluding carboxylic acids is 2. The van der Waals surface area contributed by atoms with Crippen LogP contribution in [0.5, 0.6) is 11.5 Å². The molecule has 31 heavy (non-hydrogen) atoms. The van der Waals surface area contributed by atoms with Gasteiger partial charge in [-0.1, -0.05) is 18.2 Å². The number of nitrogens with one attached hydrogen (secondary N) is 1. The highest BCUT2D eigenvalue weighted by atomic mass is 16.5. The molecule has 1 fully saturated rings. The maximum absolute atomic E-state index is 12.9. The number of hydrogen-bond acceptors (Lipinski definition) is 4. The molecule has 0 unspecified atom stereocenters. The van der Waals surface area contributed by atoms with Crippen molar-refractivity contribution in [2.45, 2.75) is 46.0 Å². The summed E-state index contributed by atoms with van der Waals surface area (Å²) in [5, 5.41) is 2.93. The van der Waals surface area contributed by atoms with Crippen molar-refractivity contribution in [3.63, 3.8) is 0 Å². The average Bonchev–Trinajstić information content (AvgIpc) is 2.80. The second kappa shape index (κ2) is 11.4. The molecule has 0 radical (unpaired) electrons. The van der Waals surface area contributed by atoms with Crippen LogP contribution in [0.25, 0.3) is 0 Å². The van der Waals surface area contributed by atoms with E-state index in [0.29, 0.717) is 48.8 Å². The van der Waals surface area contributed by atoms with Gasteiger partial charge in [-0.15, -0.1) is 0 Å². The topological polar surface area (TPSA) is 67.9 Å². The fraction of sp³-hybridized carbons (Fsp3) is 0.440. The van der Waals surface area contributed by atoms with Crippen LogP contribution < -0.4 is 14.8 Å². The zero-order chi connectivity index (χ0) is 22.1. The first-order chi connectivity index (χ1) is 15.1. The molecule has 166 valence electrons. The van der Waals surface area contributed by atoms with Crippen LogP contribution >= 0.6 is 0 Å². The number of carbonyl (C=O) groups is 2. The lowest BCUT2D eigenvalue weighted by Crippen LogP contribution is -2.36. The van der Waals surface area contributed by atoms with Crippen LogP contribution in [0.15, 0.2) is 42.5 Å². The van der Waals surface area contributed by atoms with Crippen molar-refractivity contribution in [1.82, 2.24) is 4.90 Å². The van der Waals surface area contributed by atoms with Crippen LogP contribution in [-0.2, 0) is 11.2 Å². The van der Waals surface area contributed by atoms with E-state index < -0.39 is 0 Å². The van der Waals surface area contributed by atoms with Gasteiger partial charge < -0.3 is 19.7 Å². The fourth-order valence-corrected chi connectivity index (χ4v) is 3.77. The predicted octanol–water partition coefficient (Wildman–Crippen LogP) is 4.68. The second-order valence-electron chi connectivity index (χ2n) is 7.59. The molecule has 1 heterocycles. The molecule has 1 aliphatic rings. The molecule has 0 saturated carbocycles. The van der Waals surface area contributed by atoms with Gasteiger partial charge in [0, 0.05) is 19.5 Å². The summed E-state index contributed by atoms with van der Waals surface area (Å²) in [4.78, 5) is 27.4. The van der Waals surface area contributed by atoms with Crippen LogP contribution in [-0.4, -0.2) is 43.0 Å². The van der Waals surface area contributed by atoms with Crippen LogP contribution in [0.2, 0.25) is 0 Å². The first-order valence-electron chi connectivity index (χ1n) is 11.2. The maximum Gasteiger partial charge on any atom is 0.255 e. The van der Waals surface area contributed by atoms with Crippen molar-refractivity contribution in [3.8, 4) is 11.5 Å². The van der Waals surface area contributed by atoms with E-state index in [-0.39, 0.29) is 11.8 Å². The Bertz CT molecular complexity index is 891. The normalized spacial score (nSPS) is 13.5. The number of ether oxygens (including phenoxy) is 2. The first-order valence-corrected chi connectivity index (χ1v) is 11.2. The smallest absolute Gasteiger partial charge is 0.255 e. The molecule has 3 rings (SSSR count). The molecular weight excluding hydrogens is 392 g/mol. The van der Waals surface area contributed by atoms with Crippen molar-refractivity contribution < 1.29 is 19.1 Å². The van der Waals surface area contributed by atoms with E-state index in [1.165, 1.54) is 6.42 Å². The molecule has 0 atom stereocenters. The van der Waals surface area contributed by atoms with Crippen molar-refractivity contribution in [3.05, 3.63) is 53.6 Å². The Hall–Kier alpha value is -3.02. The number of benzene rings is 2. The minimum Gasteiger partial charge on any atom is -0.490 e. The second-order valence-corrected chi connectivity index (χ2v) is 7.59. The lowest BCUT2D eigenvalue weighted by molar-refractivity contribution is -0.116. The number of hydrogen-bond donors (Lipinski definition) is 1. The highest BCUT2D eigenvalue weighted by Crippen LogP contribution is 2.29. The van der Waals surface area contributed by atoms with Gasteiger partial charge in [-0.25, -0.2) is 0 Å². The summed E-state index contributed by atoms with van der Waals surface area (Å²) in [5.74, 6) is 1.27. The number of amides is 2. The summed E-state index contributed by atoms with van der Waals surface area (Å²) in [5.41, 5.74) is 2.13. The number of rotatable bonds is 9. The molecule has 6 heteroatoms. The standard InChI is InChI=1S/C25H32N2O4/c1-3-30-22-14-12-19(18-23(22)31-4-2)13-15-24(28)26-21-11-7-6-10-20(21)25(29)27-16-8-5-9-17-27/h6-7,10-12,14,18H,3-5,8-9,13,15-17H2,1-2H3,(H,26,28). The molecule has 2 aromatic carbocycles. The van der Waals surface area contributed by atoms with E-state index in [1.54, 1.807) is 12.1 Å². The summed E-state index contributed by atoms with van der Waals surface area (Å²) >= 11 is 0. The summed E-state index contributed by atoms with van der Waals surface area (Å²) < 4.78 is 11.3. The van der Waals surface area contributed by atoms with E-state index in [1.807, 2.05) is 49.1 Å². The lowest BCUT2D eigenvalue weighted by atomic mass is 10.1. The maximum atomic E-state index is 12.9. The third kappa shape index (κ3) is 6.23. The minimum atomic E-state index is -0.120.